The molecule has 0 atom stereocenters. The molecular weight excluding hydrogens is 198 g/mol. The molecule has 16 heavy (non-hydrogen) atoms. The van der Waals surface area contributed by atoms with E-state index < -0.39 is 0 Å². The van der Waals surface area contributed by atoms with Crippen molar-refractivity contribution in [1.82, 2.24) is 15.2 Å². The molecular formula is C13H21N3. The molecule has 0 bridgehead atoms. The molecule has 1 aliphatic rings. The lowest BCUT2D eigenvalue weighted by Gasteiger charge is -2.39. The first-order valence-corrected chi connectivity index (χ1v) is 5.95. The third-order valence-corrected chi connectivity index (χ3v) is 2.98. The Morgan fingerprint density at radius 2 is 2.25 bits per heavy atom. The van der Waals surface area contributed by atoms with Crippen molar-refractivity contribution in [2.24, 2.45) is 0 Å². The Morgan fingerprint density at radius 3 is 2.94 bits per heavy atom. The average molecular weight is 219 g/mol. The Morgan fingerprint density at radius 1 is 1.44 bits per heavy atom. The van der Waals surface area contributed by atoms with Crippen LogP contribution in [0.1, 0.15) is 25.2 Å². The second-order valence-corrected chi connectivity index (χ2v) is 5.29. The highest BCUT2D eigenvalue weighted by molar-refractivity contribution is 5.10. The van der Waals surface area contributed by atoms with E-state index in [1.54, 1.807) is 0 Å². The maximum atomic E-state index is 4.55. The van der Waals surface area contributed by atoms with Gasteiger partial charge in [-0.15, -0.1) is 0 Å². The molecule has 2 heterocycles. The molecule has 1 N–H and O–H groups in total. The first kappa shape index (κ1) is 11.6. The maximum Gasteiger partial charge on any atom is 0.0547 e. The highest BCUT2D eigenvalue weighted by Crippen LogP contribution is 2.12. The molecule has 0 aliphatic carbocycles. The van der Waals surface area contributed by atoms with E-state index in [1.165, 1.54) is 5.69 Å². The van der Waals surface area contributed by atoms with Gasteiger partial charge in [-0.25, -0.2) is 0 Å². The molecule has 1 aliphatic heterocycles. The molecule has 3 nitrogen and oxygen atoms in total. The van der Waals surface area contributed by atoms with Gasteiger partial charge in [-0.2, -0.15) is 0 Å². The van der Waals surface area contributed by atoms with Gasteiger partial charge in [0, 0.05) is 37.4 Å². The zero-order valence-electron chi connectivity index (χ0n) is 10.5. The van der Waals surface area contributed by atoms with Gasteiger partial charge < -0.3 is 5.32 Å². The van der Waals surface area contributed by atoms with Crippen LogP contribution in [0.15, 0.2) is 18.2 Å². The van der Waals surface area contributed by atoms with Crippen molar-refractivity contribution >= 4 is 0 Å². The van der Waals surface area contributed by atoms with Crippen molar-refractivity contribution in [3.63, 3.8) is 0 Å². The lowest BCUT2D eigenvalue weighted by atomic mass is 10.0. The Kier molecular flexibility index (Phi) is 3.26. The number of nitrogens with zero attached hydrogens (tertiary/aromatic N) is 2. The van der Waals surface area contributed by atoms with Crippen LogP contribution < -0.4 is 5.32 Å². The first-order chi connectivity index (χ1) is 7.55. The minimum absolute atomic E-state index is 0.224. The number of aromatic nitrogens is 1. The van der Waals surface area contributed by atoms with Crippen LogP contribution in [0.4, 0.5) is 0 Å². The highest BCUT2D eigenvalue weighted by atomic mass is 15.2. The molecule has 1 aromatic rings. The summed E-state index contributed by atoms with van der Waals surface area (Å²) in [6.07, 6.45) is 0. The van der Waals surface area contributed by atoms with Crippen LogP contribution >= 0.6 is 0 Å². The van der Waals surface area contributed by atoms with Crippen LogP contribution in [0.3, 0.4) is 0 Å². The average Bonchev–Trinajstić information content (AvgIpc) is 2.15. The number of hydrogen-bond acceptors (Lipinski definition) is 3. The van der Waals surface area contributed by atoms with E-state index in [9.17, 15) is 0 Å². The largest absolute Gasteiger partial charge is 0.309 e. The minimum Gasteiger partial charge on any atom is -0.309 e. The van der Waals surface area contributed by atoms with E-state index >= 15 is 0 Å². The van der Waals surface area contributed by atoms with Crippen molar-refractivity contribution in [3.8, 4) is 0 Å². The molecule has 0 unspecified atom stereocenters. The quantitative estimate of drug-likeness (QED) is 0.818. The summed E-state index contributed by atoms with van der Waals surface area (Å²) in [5.74, 6) is 0. The minimum atomic E-state index is 0.224. The predicted molar refractivity (Wildman–Crippen MR) is 66.3 cm³/mol. The topological polar surface area (TPSA) is 28.2 Å². The molecule has 88 valence electrons. The van der Waals surface area contributed by atoms with Crippen molar-refractivity contribution in [3.05, 3.63) is 29.6 Å². The van der Waals surface area contributed by atoms with Crippen molar-refractivity contribution < 1.29 is 0 Å². The Bertz CT molecular complexity index is 360. The van der Waals surface area contributed by atoms with Gasteiger partial charge in [-0.3, -0.25) is 9.88 Å². The Balaban J connectivity index is 1.99. The van der Waals surface area contributed by atoms with Crippen LogP contribution in [0.2, 0.25) is 0 Å². The molecule has 0 spiro atoms. The third kappa shape index (κ3) is 3.03. The fourth-order valence-corrected chi connectivity index (χ4v) is 2.30. The van der Waals surface area contributed by atoms with E-state index in [4.69, 9.17) is 0 Å². The normalized spacial score (nSPS) is 20.9. The van der Waals surface area contributed by atoms with E-state index in [0.29, 0.717) is 0 Å². The summed E-state index contributed by atoms with van der Waals surface area (Å²) in [5.41, 5.74) is 2.51. The fourth-order valence-electron chi connectivity index (χ4n) is 2.30. The second-order valence-electron chi connectivity index (χ2n) is 5.29. The number of hydrogen-bond donors (Lipinski definition) is 1. The van der Waals surface area contributed by atoms with Crippen LogP contribution in [0.5, 0.6) is 0 Å². The lowest BCUT2D eigenvalue weighted by Crippen LogP contribution is -2.56. The van der Waals surface area contributed by atoms with Gasteiger partial charge in [0.1, 0.15) is 0 Å². The molecule has 0 radical (unpaired) electrons. The summed E-state index contributed by atoms with van der Waals surface area (Å²) in [4.78, 5) is 7.02. The van der Waals surface area contributed by atoms with Crippen molar-refractivity contribution in [1.29, 1.82) is 0 Å². The summed E-state index contributed by atoms with van der Waals surface area (Å²) in [7, 11) is 0. The van der Waals surface area contributed by atoms with Crippen LogP contribution in [0, 0.1) is 6.92 Å². The van der Waals surface area contributed by atoms with Gasteiger partial charge in [0.05, 0.1) is 5.69 Å². The van der Waals surface area contributed by atoms with Gasteiger partial charge in [0.15, 0.2) is 0 Å². The smallest absolute Gasteiger partial charge is 0.0547 e. The third-order valence-electron chi connectivity index (χ3n) is 2.98. The molecule has 2 rings (SSSR count). The molecule has 1 fully saturated rings. The molecule has 1 aromatic heterocycles. The van der Waals surface area contributed by atoms with E-state index in [1.807, 2.05) is 13.0 Å². The number of nitrogens with one attached hydrogen (secondary N) is 1. The van der Waals surface area contributed by atoms with Crippen LogP contribution in [-0.2, 0) is 6.54 Å². The fraction of sp³-hybridized carbons (Fsp3) is 0.615. The zero-order valence-corrected chi connectivity index (χ0v) is 10.5. The second kappa shape index (κ2) is 4.52. The maximum absolute atomic E-state index is 4.55. The zero-order chi connectivity index (χ0) is 11.6. The molecule has 1 saturated heterocycles. The van der Waals surface area contributed by atoms with Crippen LogP contribution in [-0.4, -0.2) is 35.1 Å². The SMILES string of the molecule is Cc1cccc(CN2CCNC(C)(C)C2)n1. The highest BCUT2D eigenvalue weighted by Gasteiger charge is 2.25. The molecule has 0 saturated carbocycles. The van der Waals surface area contributed by atoms with Gasteiger partial charge in [-0.1, -0.05) is 6.07 Å². The van der Waals surface area contributed by atoms with E-state index in [-0.39, 0.29) is 5.54 Å². The predicted octanol–water partition coefficient (Wildman–Crippen LogP) is 1.57. The monoisotopic (exact) mass is 219 g/mol. The molecule has 0 amide bonds. The number of piperazine rings is 1. The van der Waals surface area contributed by atoms with E-state index in [0.717, 1.165) is 31.9 Å². The van der Waals surface area contributed by atoms with Gasteiger partial charge >= 0.3 is 0 Å². The number of aryl methyl sites for hydroxylation is 1. The summed E-state index contributed by atoms with van der Waals surface area (Å²) in [5, 5.41) is 3.52. The van der Waals surface area contributed by atoms with Crippen molar-refractivity contribution in [2.75, 3.05) is 19.6 Å². The number of rotatable bonds is 2. The molecule has 3 heteroatoms. The van der Waals surface area contributed by atoms with Gasteiger partial charge in [0.25, 0.3) is 0 Å². The van der Waals surface area contributed by atoms with Crippen molar-refractivity contribution in [2.45, 2.75) is 32.9 Å². The lowest BCUT2D eigenvalue weighted by molar-refractivity contribution is 0.147. The molecule has 0 aromatic carbocycles. The van der Waals surface area contributed by atoms with Gasteiger partial charge in [0.2, 0.25) is 0 Å². The Hall–Kier alpha value is -0.930. The van der Waals surface area contributed by atoms with Crippen LogP contribution in [0.25, 0.3) is 0 Å². The summed E-state index contributed by atoms with van der Waals surface area (Å²) >= 11 is 0. The summed E-state index contributed by atoms with van der Waals surface area (Å²) < 4.78 is 0. The standard InChI is InChI=1S/C13H21N3/c1-11-5-4-6-12(15-11)9-16-8-7-14-13(2,3)10-16/h4-6,14H,7-10H2,1-3H3. The number of pyridine rings is 1. The summed E-state index contributed by atoms with van der Waals surface area (Å²) in [6.45, 7) is 10.8. The first-order valence-electron chi connectivity index (χ1n) is 5.95. The van der Waals surface area contributed by atoms with Gasteiger partial charge in [-0.05, 0) is 32.9 Å². The Labute approximate surface area is 97.9 Å². The van der Waals surface area contributed by atoms with E-state index in [2.05, 4.69) is 41.2 Å². The summed E-state index contributed by atoms with van der Waals surface area (Å²) in [6, 6.07) is 6.25.